The van der Waals surface area contributed by atoms with E-state index >= 15 is 0 Å². The van der Waals surface area contributed by atoms with Gasteiger partial charge in [-0.15, -0.1) is 0 Å². The smallest absolute Gasteiger partial charge is 0.241 e. The zero-order valence-electron chi connectivity index (χ0n) is 9.12. The molecule has 0 aromatic carbocycles. The monoisotopic (exact) mass is 196 g/mol. The second kappa shape index (κ2) is 3.23. The summed E-state index contributed by atoms with van der Waals surface area (Å²) in [4.78, 5) is 13.4. The predicted molar refractivity (Wildman–Crippen MR) is 55.7 cm³/mol. The van der Waals surface area contributed by atoms with E-state index < -0.39 is 0 Å². The molecular formula is C11H20N2O. The quantitative estimate of drug-likeness (QED) is 0.639. The summed E-state index contributed by atoms with van der Waals surface area (Å²) in [5, 5.41) is 0. The van der Waals surface area contributed by atoms with Gasteiger partial charge in [0.1, 0.15) is 6.04 Å². The number of nitrogens with two attached hydrogens (primary N) is 1. The Morgan fingerprint density at radius 2 is 1.93 bits per heavy atom. The van der Waals surface area contributed by atoms with E-state index in [0.717, 1.165) is 19.4 Å². The molecule has 2 fully saturated rings. The van der Waals surface area contributed by atoms with Crippen LogP contribution in [0.1, 0.15) is 39.5 Å². The average Bonchev–Trinajstić information content (AvgIpc) is 2.15. The van der Waals surface area contributed by atoms with E-state index in [1.165, 1.54) is 12.8 Å². The first kappa shape index (κ1) is 9.97. The van der Waals surface area contributed by atoms with Gasteiger partial charge in [-0.1, -0.05) is 13.8 Å². The minimum atomic E-state index is -0.204. The van der Waals surface area contributed by atoms with Crippen LogP contribution >= 0.6 is 0 Å². The molecule has 80 valence electrons. The van der Waals surface area contributed by atoms with Crippen LogP contribution in [-0.4, -0.2) is 29.4 Å². The van der Waals surface area contributed by atoms with Crippen LogP contribution in [0.3, 0.4) is 0 Å². The number of hydrogen-bond acceptors (Lipinski definition) is 2. The Bertz CT molecular complexity index is 240. The lowest BCUT2D eigenvalue weighted by Gasteiger charge is -2.46. The van der Waals surface area contributed by atoms with E-state index in [1.54, 1.807) is 0 Å². The topological polar surface area (TPSA) is 46.3 Å². The van der Waals surface area contributed by atoms with Gasteiger partial charge in [-0.3, -0.25) is 4.79 Å². The van der Waals surface area contributed by atoms with Gasteiger partial charge >= 0.3 is 0 Å². The number of hydrogen-bond donors (Lipinski definition) is 1. The number of nitrogens with zero attached hydrogens (tertiary/aromatic N) is 1. The molecule has 1 saturated heterocycles. The van der Waals surface area contributed by atoms with Crippen LogP contribution in [0.25, 0.3) is 0 Å². The van der Waals surface area contributed by atoms with Crippen LogP contribution in [0.15, 0.2) is 0 Å². The zero-order valence-corrected chi connectivity index (χ0v) is 9.12. The van der Waals surface area contributed by atoms with Crippen LogP contribution in [0.2, 0.25) is 0 Å². The Balaban J connectivity index is 1.88. The molecule has 1 amide bonds. The summed E-state index contributed by atoms with van der Waals surface area (Å²) in [6.45, 7) is 5.41. The standard InChI is InChI=1S/C11H20N2O/c1-11(2)5-3-8(4-6-11)13-7-9(12)10(13)14/h8-9H,3-7,12H2,1-2H3. The second-order valence-electron chi connectivity index (χ2n) is 5.49. The van der Waals surface area contributed by atoms with Crippen molar-refractivity contribution in [1.29, 1.82) is 0 Å². The molecule has 1 heterocycles. The minimum absolute atomic E-state index is 0.162. The van der Waals surface area contributed by atoms with Crippen molar-refractivity contribution in [2.45, 2.75) is 51.6 Å². The Hall–Kier alpha value is -0.570. The number of β-lactam (4-membered cyclic amide) rings is 1. The van der Waals surface area contributed by atoms with Crippen molar-refractivity contribution in [3.63, 3.8) is 0 Å². The molecule has 1 saturated carbocycles. The van der Waals surface area contributed by atoms with Crippen molar-refractivity contribution in [1.82, 2.24) is 4.90 Å². The van der Waals surface area contributed by atoms with Gasteiger partial charge in [0.05, 0.1) is 0 Å². The van der Waals surface area contributed by atoms with E-state index in [4.69, 9.17) is 5.73 Å². The summed E-state index contributed by atoms with van der Waals surface area (Å²) < 4.78 is 0. The molecule has 2 N–H and O–H groups in total. The fourth-order valence-electron chi connectivity index (χ4n) is 2.51. The minimum Gasteiger partial charge on any atom is -0.336 e. The summed E-state index contributed by atoms with van der Waals surface area (Å²) >= 11 is 0. The van der Waals surface area contributed by atoms with Crippen molar-refractivity contribution in [2.24, 2.45) is 11.1 Å². The number of carbonyl (C=O) groups excluding carboxylic acids is 1. The summed E-state index contributed by atoms with van der Waals surface area (Å²) in [5.74, 6) is 0.162. The molecule has 1 aliphatic heterocycles. The van der Waals surface area contributed by atoms with Crippen LogP contribution in [0, 0.1) is 5.41 Å². The number of rotatable bonds is 1. The lowest BCUT2D eigenvalue weighted by atomic mass is 9.74. The Kier molecular flexibility index (Phi) is 2.30. The largest absolute Gasteiger partial charge is 0.336 e. The molecule has 0 radical (unpaired) electrons. The predicted octanol–water partition coefficient (Wildman–Crippen LogP) is 1.12. The van der Waals surface area contributed by atoms with Crippen LogP contribution in [0.4, 0.5) is 0 Å². The molecule has 0 aromatic heterocycles. The first-order chi connectivity index (χ1) is 6.49. The van der Waals surface area contributed by atoms with E-state index in [-0.39, 0.29) is 11.9 Å². The maximum absolute atomic E-state index is 11.4. The van der Waals surface area contributed by atoms with Gasteiger partial charge in [-0.05, 0) is 31.1 Å². The van der Waals surface area contributed by atoms with Crippen LogP contribution < -0.4 is 5.73 Å². The SMILES string of the molecule is CC1(C)CCC(N2CC(N)C2=O)CC1. The molecule has 1 atom stereocenters. The van der Waals surface area contributed by atoms with Crippen molar-refractivity contribution in [3.05, 3.63) is 0 Å². The highest BCUT2D eigenvalue weighted by Gasteiger charge is 2.40. The third kappa shape index (κ3) is 1.65. The first-order valence-electron chi connectivity index (χ1n) is 5.56. The highest BCUT2D eigenvalue weighted by atomic mass is 16.2. The molecule has 0 spiro atoms. The van der Waals surface area contributed by atoms with E-state index in [9.17, 15) is 4.79 Å². The molecule has 3 nitrogen and oxygen atoms in total. The van der Waals surface area contributed by atoms with E-state index in [2.05, 4.69) is 13.8 Å². The fraction of sp³-hybridized carbons (Fsp3) is 0.909. The highest BCUT2D eigenvalue weighted by molar-refractivity contribution is 5.87. The first-order valence-corrected chi connectivity index (χ1v) is 5.56. The average molecular weight is 196 g/mol. The lowest BCUT2D eigenvalue weighted by Crippen LogP contribution is -2.64. The fourth-order valence-corrected chi connectivity index (χ4v) is 2.51. The summed E-state index contributed by atoms with van der Waals surface area (Å²) in [6.07, 6.45) is 4.78. The maximum Gasteiger partial charge on any atom is 0.241 e. The number of amides is 1. The van der Waals surface area contributed by atoms with E-state index in [1.807, 2.05) is 4.90 Å². The second-order valence-corrected chi connectivity index (χ2v) is 5.49. The Labute approximate surface area is 85.6 Å². The van der Waals surface area contributed by atoms with Crippen molar-refractivity contribution in [2.75, 3.05) is 6.54 Å². The van der Waals surface area contributed by atoms with Gasteiger partial charge in [-0.2, -0.15) is 0 Å². The number of likely N-dealkylation sites (tertiary alicyclic amines) is 1. The molecule has 14 heavy (non-hydrogen) atoms. The van der Waals surface area contributed by atoms with E-state index in [0.29, 0.717) is 11.5 Å². The van der Waals surface area contributed by atoms with Gasteiger partial charge in [-0.25, -0.2) is 0 Å². The third-order valence-corrected chi connectivity index (χ3v) is 3.74. The molecule has 2 rings (SSSR count). The summed E-state index contributed by atoms with van der Waals surface area (Å²) in [5.41, 5.74) is 6.06. The Morgan fingerprint density at radius 3 is 2.36 bits per heavy atom. The summed E-state index contributed by atoms with van der Waals surface area (Å²) in [7, 11) is 0. The molecular weight excluding hydrogens is 176 g/mol. The van der Waals surface area contributed by atoms with Crippen molar-refractivity contribution < 1.29 is 4.79 Å². The van der Waals surface area contributed by atoms with Crippen molar-refractivity contribution >= 4 is 5.91 Å². The molecule has 1 unspecified atom stereocenters. The summed E-state index contributed by atoms with van der Waals surface area (Å²) in [6, 6.07) is 0.278. The van der Waals surface area contributed by atoms with Crippen LogP contribution in [0.5, 0.6) is 0 Å². The van der Waals surface area contributed by atoms with Crippen molar-refractivity contribution in [3.8, 4) is 0 Å². The normalized spacial score (nSPS) is 32.9. The highest BCUT2D eigenvalue weighted by Crippen LogP contribution is 2.37. The molecule has 2 aliphatic rings. The lowest BCUT2D eigenvalue weighted by molar-refractivity contribution is -0.147. The molecule has 3 heteroatoms. The zero-order chi connectivity index (χ0) is 10.3. The van der Waals surface area contributed by atoms with Gasteiger partial charge < -0.3 is 10.6 Å². The molecule has 1 aliphatic carbocycles. The van der Waals surface area contributed by atoms with Gasteiger partial charge in [0.25, 0.3) is 0 Å². The molecule has 0 bridgehead atoms. The Morgan fingerprint density at radius 1 is 1.36 bits per heavy atom. The molecule has 0 aromatic rings. The third-order valence-electron chi connectivity index (χ3n) is 3.74. The van der Waals surface area contributed by atoms with Gasteiger partial charge in [0, 0.05) is 12.6 Å². The van der Waals surface area contributed by atoms with Crippen LogP contribution in [-0.2, 0) is 4.79 Å². The van der Waals surface area contributed by atoms with Gasteiger partial charge in [0.15, 0.2) is 0 Å². The number of carbonyl (C=O) groups is 1. The van der Waals surface area contributed by atoms with Gasteiger partial charge in [0.2, 0.25) is 5.91 Å². The maximum atomic E-state index is 11.4.